The van der Waals surface area contributed by atoms with Gasteiger partial charge >= 0.3 is 13.6 Å². The molecule has 0 aromatic heterocycles. The summed E-state index contributed by atoms with van der Waals surface area (Å²) in [4.78, 5) is 12.8. The Morgan fingerprint density at radius 2 is 1.72 bits per heavy atom. The fourth-order valence-corrected chi connectivity index (χ4v) is 7.81. The normalized spacial score (nSPS) is 23.9. The first-order valence-corrected chi connectivity index (χ1v) is 11.1. The first-order chi connectivity index (χ1) is 11.9. The Balaban J connectivity index is 2.47. The molecule has 8 heteroatoms. The van der Waals surface area contributed by atoms with E-state index in [1.807, 2.05) is 19.1 Å². The van der Waals surface area contributed by atoms with Gasteiger partial charge in [0.15, 0.2) is 4.49 Å². The number of aryl methyl sites for hydroxylation is 1. The standard InChI is InChI=1S/C17H25O6PS/c1-5-21-16(18)15-12-17(15,24(19,22-6-2)23-7-3)25(20)14-10-8-13(4)9-11-14/h8-11,15H,5-7,12H2,1-4H3/t15-,17-,25?/m1/s1. The Bertz CT molecular complexity index is 679. The quantitative estimate of drug-likeness (QED) is 0.475. The van der Waals surface area contributed by atoms with Crippen LogP contribution in [0.2, 0.25) is 0 Å². The van der Waals surface area contributed by atoms with E-state index in [2.05, 4.69) is 0 Å². The van der Waals surface area contributed by atoms with Gasteiger partial charge in [0, 0.05) is 4.90 Å². The van der Waals surface area contributed by atoms with Gasteiger partial charge in [0.1, 0.15) is 0 Å². The van der Waals surface area contributed by atoms with Crippen LogP contribution in [0.5, 0.6) is 0 Å². The molecule has 0 aliphatic heterocycles. The van der Waals surface area contributed by atoms with E-state index in [9.17, 15) is 13.6 Å². The van der Waals surface area contributed by atoms with Crippen molar-refractivity contribution in [3.05, 3.63) is 29.8 Å². The molecule has 1 saturated carbocycles. The van der Waals surface area contributed by atoms with Crippen LogP contribution in [-0.2, 0) is 33.9 Å². The van der Waals surface area contributed by atoms with Crippen molar-refractivity contribution in [1.82, 2.24) is 0 Å². The second-order valence-corrected chi connectivity index (χ2v) is 10.1. The lowest BCUT2D eigenvalue weighted by Gasteiger charge is -2.26. The number of benzene rings is 1. The largest absolute Gasteiger partial charge is 0.466 e. The lowest BCUT2D eigenvalue weighted by molar-refractivity contribution is -0.144. The number of hydrogen-bond donors (Lipinski definition) is 0. The molecule has 0 N–H and O–H groups in total. The molecule has 1 aliphatic rings. The van der Waals surface area contributed by atoms with Crippen molar-refractivity contribution in [2.24, 2.45) is 5.92 Å². The van der Waals surface area contributed by atoms with E-state index in [1.54, 1.807) is 32.9 Å². The van der Waals surface area contributed by atoms with Crippen LogP contribution in [-0.4, -0.2) is 34.5 Å². The molecule has 3 atom stereocenters. The molecule has 0 amide bonds. The zero-order valence-corrected chi connectivity index (χ0v) is 16.7. The van der Waals surface area contributed by atoms with Crippen molar-refractivity contribution in [2.45, 2.75) is 43.5 Å². The van der Waals surface area contributed by atoms with Crippen molar-refractivity contribution in [3.8, 4) is 0 Å². The van der Waals surface area contributed by atoms with Crippen LogP contribution in [0.3, 0.4) is 0 Å². The third-order valence-corrected chi connectivity index (χ3v) is 9.65. The third kappa shape index (κ3) is 3.75. The van der Waals surface area contributed by atoms with Gasteiger partial charge in [-0.25, -0.2) is 0 Å². The van der Waals surface area contributed by atoms with E-state index in [-0.39, 0.29) is 26.2 Å². The molecular weight excluding hydrogens is 363 g/mol. The Kier molecular flexibility index (Phi) is 6.60. The van der Waals surface area contributed by atoms with Gasteiger partial charge in [-0.1, -0.05) is 17.7 Å². The molecule has 2 rings (SSSR count). The van der Waals surface area contributed by atoms with Crippen molar-refractivity contribution >= 4 is 24.4 Å². The average Bonchev–Trinajstić information content (AvgIpc) is 3.33. The van der Waals surface area contributed by atoms with Gasteiger partial charge < -0.3 is 13.8 Å². The van der Waals surface area contributed by atoms with Crippen molar-refractivity contribution in [3.63, 3.8) is 0 Å². The average molecular weight is 388 g/mol. The minimum atomic E-state index is -3.78. The molecule has 25 heavy (non-hydrogen) atoms. The number of ether oxygens (including phenoxy) is 1. The molecule has 140 valence electrons. The molecule has 1 aliphatic carbocycles. The summed E-state index contributed by atoms with van der Waals surface area (Å²) in [6, 6.07) is 7.09. The lowest BCUT2D eigenvalue weighted by Crippen LogP contribution is -2.27. The van der Waals surface area contributed by atoms with Gasteiger partial charge in [-0.2, -0.15) is 0 Å². The van der Waals surface area contributed by atoms with E-state index in [4.69, 9.17) is 13.8 Å². The zero-order chi connectivity index (χ0) is 18.7. The Hall–Kier alpha value is -1.01. The smallest absolute Gasteiger partial charge is 0.350 e. The van der Waals surface area contributed by atoms with Crippen molar-refractivity contribution in [1.29, 1.82) is 0 Å². The molecule has 1 aromatic rings. The second-order valence-electron chi connectivity index (χ2n) is 5.77. The summed E-state index contributed by atoms with van der Waals surface area (Å²) in [5.74, 6) is -1.28. The maximum atomic E-state index is 13.5. The summed E-state index contributed by atoms with van der Waals surface area (Å²) in [5.41, 5.74) is 1.02. The fourth-order valence-electron chi connectivity index (χ4n) is 2.81. The predicted octanol–water partition coefficient (Wildman–Crippen LogP) is 3.65. The molecule has 1 unspecified atom stereocenters. The molecule has 1 fully saturated rings. The number of carbonyl (C=O) groups excluding carboxylic acids is 1. The second kappa shape index (κ2) is 8.12. The maximum Gasteiger partial charge on any atom is 0.350 e. The molecule has 6 nitrogen and oxygen atoms in total. The lowest BCUT2D eigenvalue weighted by atomic mass is 10.2. The maximum absolute atomic E-state index is 13.5. The van der Waals surface area contributed by atoms with Gasteiger partial charge in [-0.05, 0) is 46.2 Å². The first kappa shape index (κ1) is 20.3. The third-order valence-electron chi connectivity index (χ3n) is 4.07. The van der Waals surface area contributed by atoms with Gasteiger partial charge in [0.25, 0.3) is 0 Å². The number of hydrogen-bond acceptors (Lipinski definition) is 6. The van der Waals surface area contributed by atoms with E-state index < -0.39 is 34.8 Å². The molecule has 0 radical (unpaired) electrons. The summed E-state index contributed by atoms with van der Waals surface area (Å²) < 4.78 is 41.4. The predicted molar refractivity (Wildman–Crippen MR) is 95.9 cm³/mol. The SMILES string of the molecule is CCOC(=O)[C@H]1C[C@]1(S(=O)c1ccc(C)cc1)P(=O)(OCC)OCC. The Morgan fingerprint density at radius 3 is 2.20 bits per heavy atom. The molecule has 1 aromatic carbocycles. The minimum Gasteiger partial charge on any atom is -0.466 e. The molecule has 0 bridgehead atoms. The fraction of sp³-hybridized carbons (Fsp3) is 0.588. The van der Waals surface area contributed by atoms with Crippen LogP contribution in [0, 0.1) is 12.8 Å². The summed E-state index contributed by atoms with van der Waals surface area (Å²) >= 11 is 0. The summed E-state index contributed by atoms with van der Waals surface area (Å²) in [6.07, 6.45) is 0.156. The van der Waals surface area contributed by atoms with Gasteiger partial charge in [0.05, 0.1) is 36.5 Å². The molecule has 0 heterocycles. The van der Waals surface area contributed by atoms with Gasteiger partial charge in [-0.3, -0.25) is 13.6 Å². The molecule has 0 saturated heterocycles. The van der Waals surface area contributed by atoms with Crippen LogP contribution in [0.15, 0.2) is 29.2 Å². The van der Waals surface area contributed by atoms with Crippen molar-refractivity contribution < 1.29 is 27.4 Å². The topological polar surface area (TPSA) is 78.9 Å². The number of esters is 1. The van der Waals surface area contributed by atoms with E-state index in [1.165, 1.54) is 0 Å². The first-order valence-electron chi connectivity index (χ1n) is 8.40. The highest BCUT2D eigenvalue weighted by Gasteiger charge is 2.75. The van der Waals surface area contributed by atoms with E-state index in [0.717, 1.165) is 5.56 Å². The minimum absolute atomic E-state index is 0.139. The van der Waals surface area contributed by atoms with Crippen LogP contribution >= 0.6 is 7.60 Å². The van der Waals surface area contributed by atoms with E-state index >= 15 is 0 Å². The highest BCUT2D eigenvalue weighted by Crippen LogP contribution is 2.76. The van der Waals surface area contributed by atoms with Gasteiger partial charge in [-0.15, -0.1) is 0 Å². The monoisotopic (exact) mass is 388 g/mol. The number of carbonyl (C=O) groups is 1. The van der Waals surface area contributed by atoms with Crippen molar-refractivity contribution in [2.75, 3.05) is 19.8 Å². The van der Waals surface area contributed by atoms with Crippen LogP contribution < -0.4 is 0 Å². The highest BCUT2D eigenvalue weighted by molar-refractivity contribution is 7.95. The highest BCUT2D eigenvalue weighted by atomic mass is 32.2. The van der Waals surface area contributed by atoms with Crippen LogP contribution in [0.1, 0.15) is 32.8 Å². The number of rotatable bonds is 9. The summed E-state index contributed by atoms with van der Waals surface area (Å²) in [7, 11) is -5.51. The Morgan fingerprint density at radius 1 is 1.16 bits per heavy atom. The van der Waals surface area contributed by atoms with Gasteiger partial charge in [0.2, 0.25) is 0 Å². The zero-order valence-electron chi connectivity index (χ0n) is 15.0. The van der Waals surface area contributed by atoms with Crippen LogP contribution in [0.4, 0.5) is 0 Å². The molecular formula is C17H25O6PS. The molecule has 0 spiro atoms. The summed E-state index contributed by atoms with van der Waals surface area (Å²) in [5, 5.41) is 0. The van der Waals surface area contributed by atoms with Crippen LogP contribution in [0.25, 0.3) is 0 Å². The summed E-state index contributed by atoms with van der Waals surface area (Å²) in [6.45, 7) is 7.48. The Labute approximate surface area is 151 Å². The van der Waals surface area contributed by atoms with E-state index in [0.29, 0.717) is 4.90 Å².